The summed E-state index contributed by atoms with van der Waals surface area (Å²) in [5, 5.41) is 3.19. The molecule has 0 aliphatic carbocycles. The highest BCUT2D eigenvalue weighted by molar-refractivity contribution is 14.1. The number of halogens is 4. The summed E-state index contributed by atoms with van der Waals surface area (Å²) in [6.07, 6.45) is -4.28. The van der Waals surface area contributed by atoms with E-state index in [1.165, 1.54) is 12.1 Å². The van der Waals surface area contributed by atoms with Crippen LogP contribution in [0, 0.1) is 5.92 Å². The Kier molecular flexibility index (Phi) is 5.91. The van der Waals surface area contributed by atoms with E-state index in [0.29, 0.717) is 11.5 Å². The molecule has 18 heavy (non-hydrogen) atoms. The second-order valence-corrected chi connectivity index (χ2v) is 5.42. The lowest BCUT2D eigenvalue weighted by Gasteiger charge is -2.21. The van der Waals surface area contributed by atoms with E-state index in [-0.39, 0.29) is 12.6 Å². The molecule has 1 aromatic carbocycles. The molecule has 0 bridgehead atoms. The summed E-state index contributed by atoms with van der Waals surface area (Å²) in [7, 11) is 0. The molecule has 0 aliphatic heterocycles. The minimum Gasteiger partial charge on any atom is -0.309 e. The maximum absolute atomic E-state index is 12.8. The molecule has 0 saturated heterocycles. The summed E-state index contributed by atoms with van der Waals surface area (Å²) < 4.78 is 39.2. The Bertz CT molecular complexity index is 377. The second kappa shape index (κ2) is 6.75. The van der Waals surface area contributed by atoms with Crippen LogP contribution in [0.1, 0.15) is 25.0 Å². The molecule has 1 unspecified atom stereocenters. The molecule has 1 aromatic rings. The van der Waals surface area contributed by atoms with Crippen LogP contribution in [0.4, 0.5) is 13.2 Å². The van der Waals surface area contributed by atoms with Crippen LogP contribution in [0.2, 0.25) is 0 Å². The van der Waals surface area contributed by atoms with Crippen LogP contribution >= 0.6 is 22.6 Å². The van der Waals surface area contributed by atoms with Crippen molar-refractivity contribution in [3.05, 3.63) is 35.4 Å². The third-order valence-corrected chi connectivity index (χ3v) is 3.80. The smallest absolute Gasteiger partial charge is 0.309 e. The van der Waals surface area contributed by atoms with Gasteiger partial charge in [0.25, 0.3) is 0 Å². The Morgan fingerprint density at radius 3 is 2.33 bits per heavy atom. The second-order valence-electron chi connectivity index (χ2n) is 4.54. The molecule has 1 N–H and O–H groups in total. The van der Waals surface area contributed by atoms with Crippen molar-refractivity contribution in [2.45, 2.75) is 32.6 Å². The molecule has 0 amide bonds. The van der Waals surface area contributed by atoms with Crippen LogP contribution in [0.5, 0.6) is 0 Å². The third kappa shape index (κ3) is 4.42. The first-order chi connectivity index (χ1) is 8.36. The molecule has 0 aliphatic rings. The van der Waals surface area contributed by atoms with Gasteiger partial charge in [0.15, 0.2) is 0 Å². The van der Waals surface area contributed by atoms with Crippen LogP contribution in [0.3, 0.4) is 0 Å². The fourth-order valence-corrected chi connectivity index (χ4v) is 2.99. The normalized spacial score (nSPS) is 13.9. The molecular weight excluding hydrogens is 354 g/mol. The first-order valence-corrected chi connectivity index (χ1v) is 7.33. The van der Waals surface area contributed by atoms with Gasteiger partial charge in [-0.2, -0.15) is 13.2 Å². The van der Waals surface area contributed by atoms with Crippen LogP contribution in [-0.4, -0.2) is 10.5 Å². The molecule has 5 heteroatoms. The van der Waals surface area contributed by atoms with E-state index < -0.39 is 11.7 Å². The topological polar surface area (TPSA) is 12.0 Å². The Morgan fingerprint density at radius 2 is 1.83 bits per heavy atom. The monoisotopic (exact) mass is 371 g/mol. The number of rotatable bonds is 5. The summed E-state index contributed by atoms with van der Waals surface area (Å²) in [6.45, 7) is 4.37. The van der Waals surface area contributed by atoms with E-state index in [9.17, 15) is 13.2 Å². The van der Waals surface area contributed by atoms with Gasteiger partial charge >= 0.3 is 6.18 Å². The third-order valence-electron chi connectivity index (χ3n) is 2.85. The first kappa shape index (κ1) is 15.8. The summed E-state index contributed by atoms with van der Waals surface area (Å²) in [4.78, 5) is 0. The predicted molar refractivity (Wildman–Crippen MR) is 75.8 cm³/mol. The highest BCUT2D eigenvalue weighted by Gasteiger charge is 2.32. The van der Waals surface area contributed by atoms with Gasteiger partial charge in [-0.3, -0.25) is 0 Å². The summed E-state index contributed by atoms with van der Waals surface area (Å²) in [5.74, 6) is 0.403. The highest BCUT2D eigenvalue weighted by Crippen LogP contribution is 2.31. The standard InChI is InChI=1S/C13H17F3IN/c1-9(2)12(7-17)18-8-10-5-3-4-6-11(10)13(14,15)16/h3-6,9,12,18H,7-8H2,1-2H3. The average Bonchev–Trinajstić information content (AvgIpc) is 2.28. The Labute approximate surface area is 119 Å². The SMILES string of the molecule is CC(C)C(CI)NCc1ccccc1C(F)(F)F. The van der Waals surface area contributed by atoms with Crippen LogP contribution in [0.25, 0.3) is 0 Å². The fraction of sp³-hybridized carbons (Fsp3) is 0.538. The average molecular weight is 371 g/mol. The van der Waals surface area contributed by atoms with Crippen LogP contribution in [0.15, 0.2) is 24.3 Å². The van der Waals surface area contributed by atoms with Crippen molar-refractivity contribution in [3.63, 3.8) is 0 Å². The van der Waals surface area contributed by atoms with Gasteiger partial charge in [-0.05, 0) is 17.5 Å². The van der Waals surface area contributed by atoms with Gasteiger partial charge in [-0.15, -0.1) is 0 Å². The van der Waals surface area contributed by atoms with Gasteiger partial charge in [-0.1, -0.05) is 54.6 Å². The number of benzene rings is 1. The van der Waals surface area contributed by atoms with E-state index in [2.05, 4.69) is 41.8 Å². The van der Waals surface area contributed by atoms with Crippen molar-refractivity contribution in [2.75, 3.05) is 4.43 Å². The molecule has 0 aromatic heterocycles. The van der Waals surface area contributed by atoms with Gasteiger partial charge in [-0.25, -0.2) is 0 Å². The highest BCUT2D eigenvalue weighted by atomic mass is 127. The zero-order valence-electron chi connectivity index (χ0n) is 10.4. The predicted octanol–water partition coefficient (Wildman–Crippen LogP) is 4.25. The van der Waals surface area contributed by atoms with Crippen LogP contribution < -0.4 is 5.32 Å². The van der Waals surface area contributed by atoms with Gasteiger partial charge in [0, 0.05) is 17.0 Å². The zero-order valence-corrected chi connectivity index (χ0v) is 12.5. The maximum Gasteiger partial charge on any atom is 0.416 e. The van der Waals surface area contributed by atoms with E-state index in [1.807, 2.05) is 0 Å². The van der Waals surface area contributed by atoms with Gasteiger partial charge in [0.05, 0.1) is 5.56 Å². The van der Waals surface area contributed by atoms with Gasteiger partial charge in [0.2, 0.25) is 0 Å². The van der Waals surface area contributed by atoms with Crippen molar-refractivity contribution >= 4 is 22.6 Å². The molecule has 1 rings (SSSR count). The first-order valence-electron chi connectivity index (χ1n) is 5.80. The van der Waals surface area contributed by atoms with E-state index >= 15 is 0 Å². The van der Waals surface area contributed by atoms with Crippen molar-refractivity contribution in [1.29, 1.82) is 0 Å². The number of alkyl halides is 4. The zero-order chi connectivity index (χ0) is 13.8. The van der Waals surface area contributed by atoms with Gasteiger partial charge < -0.3 is 5.32 Å². The molecule has 0 heterocycles. The van der Waals surface area contributed by atoms with Crippen molar-refractivity contribution in [2.24, 2.45) is 5.92 Å². The molecule has 1 nitrogen and oxygen atoms in total. The molecule has 0 spiro atoms. The molecule has 0 fully saturated rings. The van der Waals surface area contributed by atoms with E-state index in [1.54, 1.807) is 6.07 Å². The van der Waals surface area contributed by atoms with Crippen molar-refractivity contribution in [3.8, 4) is 0 Å². The van der Waals surface area contributed by atoms with E-state index in [0.717, 1.165) is 10.5 Å². The Balaban J connectivity index is 2.79. The lowest BCUT2D eigenvalue weighted by atomic mass is 10.0. The molecule has 1 atom stereocenters. The molecular formula is C13H17F3IN. The molecule has 0 saturated carbocycles. The lowest BCUT2D eigenvalue weighted by Crippen LogP contribution is -2.35. The Morgan fingerprint density at radius 1 is 1.22 bits per heavy atom. The number of nitrogens with one attached hydrogen (secondary N) is 1. The van der Waals surface area contributed by atoms with Gasteiger partial charge in [0.1, 0.15) is 0 Å². The Hall–Kier alpha value is -0.300. The summed E-state index contributed by atoms with van der Waals surface area (Å²) >= 11 is 2.25. The minimum absolute atomic E-state index is 0.229. The van der Waals surface area contributed by atoms with Crippen molar-refractivity contribution < 1.29 is 13.2 Å². The van der Waals surface area contributed by atoms with E-state index in [4.69, 9.17) is 0 Å². The summed E-state index contributed by atoms with van der Waals surface area (Å²) in [5.41, 5.74) is -0.242. The fourth-order valence-electron chi connectivity index (χ4n) is 1.66. The largest absolute Gasteiger partial charge is 0.416 e. The quantitative estimate of drug-likeness (QED) is 0.603. The minimum atomic E-state index is -4.28. The maximum atomic E-state index is 12.8. The lowest BCUT2D eigenvalue weighted by molar-refractivity contribution is -0.138. The van der Waals surface area contributed by atoms with Crippen LogP contribution in [-0.2, 0) is 12.7 Å². The molecule has 102 valence electrons. The number of hydrogen-bond donors (Lipinski definition) is 1. The number of hydrogen-bond acceptors (Lipinski definition) is 1. The summed E-state index contributed by atoms with van der Waals surface area (Å²) in [6, 6.07) is 5.95. The van der Waals surface area contributed by atoms with Crippen molar-refractivity contribution in [1.82, 2.24) is 5.32 Å². The molecule has 0 radical (unpaired) electrons.